The maximum atomic E-state index is 9.76. The highest BCUT2D eigenvalue weighted by Gasteiger charge is 2.21. The second-order valence-corrected chi connectivity index (χ2v) is 4.92. The lowest BCUT2D eigenvalue weighted by molar-refractivity contribution is -0.137. The van der Waals surface area contributed by atoms with Crippen LogP contribution in [0.3, 0.4) is 0 Å². The molecular weight excluding hydrogens is 262 g/mol. The molecule has 2 rings (SSSR count). The van der Waals surface area contributed by atoms with Gasteiger partial charge in [-0.3, -0.25) is 14.7 Å². The summed E-state index contributed by atoms with van der Waals surface area (Å²) in [4.78, 5) is 16.3. The average Bonchev–Trinajstić information content (AvgIpc) is 2.85. The fraction of sp³-hybridized carbons (Fsp3) is 0.538. The van der Waals surface area contributed by atoms with Crippen molar-refractivity contribution in [1.29, 1.82) is 0 Å². The van der Waals surface area contributed by atoms with Gasteiger partial charge in [-0.25, -0.2) is 0 Å². The van der Waals surface area contributed by atoms with Gasteiger partial charge in [0.2, 0.25) is 0 Å². The zero-order valence-corrected chi connectivity index (χ0v) is 12.0. The summed E-state index contributed by atoms with van der Waals surface area (Å²) in [6, 6.07) is 3.98. The molecule has 1 aliphatic rings. The normalized spacial score (nSPS) is 20.5. The molecule has 0 bridgehead atoms. The Morgan fingerprint density at radius 2 is 2.47 bits per heavy atom. The third-order valence-corrected chi connectivity index (χ3v) is 3.50. The Morgan fingerprint density at radius 1 is 1.74 bits per heavy atom. The van der Waals surface area contributed by atoms with Gasteiger partial charge in [-0.15, -0.1) is 0 Å². The lowest BCUT2D eigenvalue weighted by atomic mass is 10.1. The molecule has 3 N–H and O–H groups in total. The summed E-state index contributed by atoms with van der Waals surface area (Å²) < 4.78 is 0. The zero-order valence-electron chi connectivity index (χ0n) is 11.1. The van der Waals surface area contributed by atoms with Gasteiger partial charge < -0.3 is 10.8 Å². The van der Waals surface area contributed by atoms with Gasteiger partial charge in [0.05, 0.1) is 0 Å². The molecule has 5 nitrogen and oxygen atoms in total. The molecule has 1 fully saturated rings. The molecule has 0 saturated carbocycles. The molecule has 19 heavy (non-hydrogen) atoms. The van der Waals surface area contributed by atoms with Gasteiger partial charge >= 0.3 is 5.97 Å². The van der Waals surface area contributed by atoms with Crippen molar-refractivity contribution >= 4 is 18.6 Å². The van der Waals surface area contributed by atoms with Crippen LogP contribution in [-0.4, -0.2) is 46.3 Å². The summed E-state index contributed by atoms with van der Waals surface area (Å²) in [5, 5.41) is 8.01. The van der Waals surface area contributed by atoms with Crippen LogP contribution in [0.1, 0.15) is 24.4 Å². The van der Waals surface area contributed by atoms with Crippen molar-refractivity contribution in [1.82, 2.24) is 9.88 Å². The zero-order chi connectivity index (χ0) is 14.3. The summed E-state index contributed by atoms with van der Waals surface area (Å²) in [5.74, 6) is -0.815. The smallest absolute Gasteiger partial charge is 0.321 e. The minimum absolute atomic E-state index is 0.190. The molecule has 1 aromatic heterocycles. The van der Waals surface area contributed by atoms with Crippen molar-refractivity contribution < 1.29 is 9.90 Å². The first-order valence-electron chi connectivity index (χ1n) is 6.25. The molecule has 2 heterocycles. The van der Waals surface area contributed by atoms with Crippen LogP contribution in [0.25, 0.3) is 0 Å². The number of hydrogen-bond donors (Lipinski definition) is 3. The summed E-state index contributed by atoms with van der Waals surface area (Å²) in [6.45, 7) is 1.22. The van der Waals surface area contributed by atoms with Gasteiger partial charge in [-0.05, 0) is 38.1 Å². The number of pyridine rings is 1. The molecule has 0 amide bonds. The maximum absolute atomic E-state index is 9.76. The van der Waals surface area contributed by atoms with Gasteiger partial charge in [-0.2, -0.15) is 12.6 Å². The van der Waals surface area contributed by atoms with Crippen molar-refractivity contribution in [3.8, 4) is 0 Å². The summed E-state index contributed by atoms with van der Waals surface area (Å²) >= 11 is 3.65. The number of carbonyl (C=O) groups is 1. The number of nitrogens with two attached hydrogens (primary N) is 1. The van der Waals surface area contributed by atoms with Crippen LogP contribution in [-0.2, 0) is 4.79 Å². The number of nitrogens with zero attached hydrogens (tertiary/aromatic N) is 2. The van der Waals surface area contributed by atoms with E-state index in [2.05, 4.69) is 35.6 Å². The monoisotopic (exact) mass is 283 g/mol. The number of rotatable bonds is 3. The molecule has 0 radical (unpaired) electrons. The Labute approximate surface area is 119 Å². The van der Waals surface area contributed by atoms with Gasteiger partial charge in [0.25, 0.3) is 0 Å². The van der Waals surface area contributed by atoms with E-state index in [9.17, 15) is 4.79 Å². The molecule has 6 heteroatoms. The standard InChI is InChI=1S/C10H14N2.C3H7NO2S/c1-12-7-3-5-10(12)9-4-2-6-11-8-9;4-2(1-7)3(5)6/h2,4,6,8,10H,3,5,7H2,1H3;2,7H,1,4H2,(H,5,6). The molecule has 1 aliphatic heterocycles. The highest BCUT2D eigenvalue weighted by molar-refractivity contribution is 7.80. The Bertz CT molecular complexity index is 389. The second kappa shape index (κ2) is 8.14. The van der Waals surface area contributed by atoms with Crippen LogP contribution in [0.15, 0.2) is 24.5 Å². The molecule has 2 unspecified atom stereocenters. The number of aliphatic carboxylic acids is 1. The third kappa shape index (κ3) is 5.18. The lowest BCUT2D eigenvalue weighted by Gasteiger charge is -2.18. The Hall–Kier alpha value is -1.11. The molecule has 0 spiro atoms. The van der Waals surface area contributed by atoms with Gasteiger partial charge in [0.1, 0.15) is 6.04 Å². The lowest BCUT2D eigenvalue weighted by Crippen LogP contribution is -2.31. The SMILES string of the molecule is CN1CCCC1c1cccnc1.NC(CS)C(=O)O. The molecule has 1 aromatic rings. The van der Waals surface area contributed by atoms with E-state index in [1.165, 1.54) is 24.9 Å². The first kappa shape index (κ1) is 15.9. The molecular formula is C13H21N3O2S. The molecule has 0 aromatic carbocycles. The molecule has 0 aliphatic carbocycles. The summed E-state index contributed by atoms with van der Waals surface area (Å²) in [6.07, 6.45) is 6.41. The summed E-state index contributed by atoms with van der Waals surface area (Å²) in [5.41, 5.74) is 6.30. The van der Waals surface area contributed by atoms with Gasteiger partial charge in [-0.1, -0.05) is 6.07 Å². The largest absolute Gasteiger partial charge is 0.480 e. The maximum Gasteiger partial charge on any atom is 0.321 e. The fourth-order valence-corrected chi connectivity index (χ4v) is 2.14. The van der Waals surface area contributed by atoms with Gasteiger partial charge in [0, 0.05) is 24.2 Å². The minimum atomic E-state index is -1.00. The van der Waals surface area contributed by atoms with Crippen LogP contribution < -0.4 is 5.73 Å². The van der Waals surface area contributed by atoms with Crippen LogP contribution in [0.5, 0.6) is 0 Å². The van der Waals surface area contributed by atoms with Crippen molar-refractivity contribution in [2.24, 2.45) is 5.73 Å². The summed E-state index contributed by atoms with van der Waals surface area (Å²) in [7, 11) is 2.19. The quantitative estimate of drug-likeness (QED) is 0.726. The van der Waals surface area contributed by atoms with Crippen molar-refractivity contribution in [2.75, 3.05) is 19.3 Å². The van der Waals surface area contributed by atoms with Crippen LogP contribution in [0, 0.1) is 0 Å². The van der Waals surface area contributed by atoms with E-state index >= 15 is 0 Å². The van der Waals surface area contributed by atoms with E-state index in [0.29, 0.717) is 6.04 Å². The number of carboxylic acids is 1. The van der Waals surface area contributed by atoms with E-state index in [-0.39, 0.29) is 5.75 Å². The van der Waals surface area contributed by atoms with Crippen molar-refractivity contribution in [3.05, 3.63) is 30.1 Å². The van der Waals surface area contributed by atoms with Crippen LogP contribution in [0.4, 0.5) is 0 Å². The predicted octanol–water partition coefficient (Wildman–Crippen LogP) is 1.18. The van der Waals surface area contributed by atoms with E-state index in [0.717, 1.165) is 0 Å². The third-order valence-electron chi connectivity index (χ3n) is 3.10. The van der Waals surface area contributed by atoms with E-state index < -0.39 is 12.0 Å². The number of likely N-dealkylation sites (tertiary alicyclic amines) is 1. The number of hydrogen-bond acceptors (Lipinski definition) is 5. The minimum Gasteiger partial charge on any atom is -0.480 e. The first-order chi connectivity index (χ1) is 9.06. The van der Waals surface area contributed by atoms with Crippen LogP contribution in [0.2, 0.25) is 0 Å². The Balaban J connectivity index is 0.000000224. The number of carboxylic acid groups (broad SMARTS) is 1. The van der Waals surface area contributed by atoms with Crippen molar-refractivity contribution in [3.63, 3.8) is 0 Å². The topological polar surface area (TPSA) is 79.5 Å². The second-order valence-electron chi connectivity index (χ2n) is 4.55. The number of thiol groups is 1. The highest BCUT2D eigenvalue weighted by atomic mass is 32.1. The van der Waals surface area contributed by atoms with Crippen molar-refractivity contribution in [2.45, 2.75) is 24.9 Å². The first-order valence-corrected chi connectivity index (χ1v) is 6.89. The highest BCUT2D eigenvalue weighted by Crippen LogP contribution is 2.29. The molecule has 1 saturated heterocycles. The van der Waals surface area contributed by atoms with E-state index in [4.69, 9.17) is 10.8 Å². The van der Waals surface area contributed by atoms with Crippen LogP contribution >= 0.6 is 12.6 Å². The fourth-order valence-electron chi connectivity index (χ4n) is 1.98. The van der Waals surface area contributed by atoms with E-state index in [1.807, 2.05) is 18.5 Å². The van der Waals surface area contributed by atoms with E-state index in [1.54, 1.807) is 0 Å². The molecule has 106 valence electrons. The average molecular weight is 283 g/mol. The predicted molar refractivity (Wildman–Crippen MR) is 78.3 cm³/mol. The number of aromatic nitrogens is 1. The Kier molecular flexibility index (Phi) is 6.83. The molecule has 2 atom stereocenters. The Morgan fingerprint density at radius 3 is 2.84 bits per heavy atom. The van der Waals surface area contributed by atoms with Gasteiger partial charge in [0.15, 0.2) is 0 Å².